The maximum absolute atomic E-state index is 13.9. The number of nitrogens with zero attached hydrogens (tertiary/aromatic N) is 1. The third-order valence-corrected chi connectivity index (χ3v) is 7.69. The predicted molar refractivity (Wildman–Crippen MR) is 155 cm³/mol. The van der Waals surface area contributed by atoms with Crippen LogP contribution in [0.3, 0.4) is 0 Å². The second kappa shape index (κ2) is 13.9. The molecule has 0 aliphatic heterocycles. The van der Waals surface area contributed by atoms with Crippen molar-refractivity contribution in [1.29, 1.82) is 0 Å². The molecule has 2 amide bonds. The topological polar surface area (TPSA) is 49.4 Å². The van der Waals surface area contributed by atoms with E-state index in [-0.39, 0.29) is 17.9 Å². The summed E-state index contributed by atoms with van der Waals surface area (Å²) in [6.07, 6.45) is 7.09. The highest BCUT2D eigenvalue weighted by molar-refractivity contribution is 5.88. The molecule has 0 unspecified atom stereocenters. The fourth-order valence-electron chi connectivity index (χ4n) is 5.34. The summed E-state index contributed by atoms with van der Waals surface area (Å²) in [5.74, 6) is 0.460. The van der Waals surface area contributed by atoms with E-state index in [1.807, 2.05) is 65.6 Å². The van der Waals surface area contributed by atoms with Crippen molar-refractivity contribution >= 4 is 11.8 Å². The van der Waals surface area contributed by atoms with E-state index in [1.54, 1.807) is 0 Å². The van der Waals surface area contributed by atoms with E-state index in [0.29, 0.717) is 31.7 Å². The summed E-state index contributed by atoms with van der Waals surface area (Å²) < 4.78 is 0. The Hall–Kier alpha value is -3.40. The molecule has 0 saturated heterocycles. The van der Waals surface area contributed by atoms with Crippen LogP contribution in [0.15, 0.2) is 84.9 Å². The van der Waals surface area contributed by atoms with Crippen molar-refractivity contribution in [3.63, 3.8) is 0 Å². The SMILES string of the molecule is CC(C)c1ccc(CCC(=O)N(Cc2ccccc2)[C@H](Cc2ccccc2)C(=O)NC2CCCCC2)cc1. The minimum Gasteiger partial charge on any atom is -0.352 e. The van der Waals surface area contributed by atoms with Crippen LogP contribution in [0.4, 0.5) is 0 Å². The third kappa shape index (κ3) is 8.05. The zero-order chi connectivity index (χ0) is 26.7. The van der Waals surface area contributed by atoms with Gasteiger partial charge in [0.25, 0.3) is 0 Å². The molecule has 1 fully saturated rings. The van der Waals surface area contributed by atoms with Crippen LogP contribution in [-0.2, 0) is 29.0 Å². The minimum absolute atomic E-state index is 0.0153. The molecule has 1 atom stereocenters. The van der Waals surface area contributed by atoms with Crippen molar-refractivity contribution < 1.29 is 9.59 Å². The first-order valence-corrected chi connectivity index (χ1v) is 14.3. The number of aryl methyl sites for hydroxylation is 1. The standard InChI is InChI=1S/C34H42N2O2/c1-26(2)30-21-18-27(19-22-30)20-23-33(37)36(25-29-14-8-4-9-15-29)32(24-28-12-6-3-7-13-28)34(38)35-31-16-10-5-11-17-31/h3-4,6-9,12-15,18-19,21-22,26,31-32H,5,10-11,16-17,20,23-25H2,1-2H3,(H,35,38)/t32-/m1/s1. The van der Waals surface area contributed by atoms with Crippen molar-refractivity contribution in [1.82, 2.24) is 10.2 Å². The zero-order valence-electron chi connectivity index (χ0n) is 22.9. The summed E-state index contributed by atoms with van der Waals surface area (Å²) in [4.78, 5) is 29.5. The molecule has 1 aliphatic carbocycles. The highest BCUT2D eigenvalue weighted by Crippen LogP contribution is 2.21. The number of hydrogen-bond acceptors (Lipinski definition) is 2. The Balaban J connectivity index is 1.57. The molecule has 4 heteroatoms. The predicted octanol–water partition coefficient (Wildman–Crippen LogP) is 6.83. The van der Waals surface area contributed by atoms with Gasteiger partial charge in [-0.2, -0.15) is 0 Å². The van der Waals surface area contributed by atoms with Crippen LogP contribution in [0.25, 0.3) is 0 Å². The molecule has 200 valence electrons. The van der Waals surface area contributed by atoms with Gasteiger partial charge in [0.15, 0.2) is 0 Å². The van der Waals surface area contributed by atoms with E-state index in [9.17, 15) is 9.59 Å². The lowest BCUT2D eigenvalue weighted by atomic mass is 9.94. The lowest BCUT2D eigenvalue weighted by Gasteiger charge is -2.33. The Morgan fingerprint density at radius 2 is 1.39 bits per heavy atom. The number of hydrogen-bond donors (Lipinski definition) is 1. The Morgan fingerprint density at radius 3 is 2.00 bits per heavy atom. The number of rotatable bonds is 11. The summed E-state index contributed by atoms with van der Waals surface area (Å²) in [6, 6.07) is 28.3. The first-order valence-electron chi connectivity index (χ1n) is 14.3. The van der Waals surface area contributed by atoms with Crippen molar-refractivity contribution in [2.24, 2.45) is 0 Å². The molecule has 38 heavy (non-hydrogen) atoms. The molecule has 0 radical (unpaired) electrons. The number of nitrogens with one attached hydrogen (secondary N) is 1. The fraction of sp³-hybridized carbons (Fsp3) is 0.412. The van der Waals surface area contributed by atoms with Gasteiger partial charge >= 0.3 is 0 Å². The molecule has 0 bridgehead atoms. The van der Waals surface area contributed by atoms with E-state index < -0.39 is 6.04 Å². The smallest absolute Gasteiger partial charge is 0.243 e. The van der Waals surface area contributed by atoms with Gasteiger partial charge in [-0.05, 0) is 47.4 Å². The van der Waals surface area contributed by atoms with Gasteiger partial charge in [0, 0.05) is 25.4 Å². The maximum Gasteiger partial charge on any atom is 0.243 e. The summed E-state index contributed by atoms with van der Waals surface area (Å²) in [7, 11) is 0. The molecular formula is C34H42N2O2. The Labute approximate surface area is 228 Å². The number of benzene rings is 3. The second-order valence-corrected chi connectivity index (χ2v) is 11.0. The highest BCUT2D eigenvalue weighted by Gasteiger charge is 2.31. The number of carbonyl (C=O) groups is 2. The average molecular weight is 511 g/mol. The quantitative estimate of drug-likeness (QED) is 0.307. The normalized spacial score (nSPS) is 14.7. The van der Waals surface area contributed by atoms with E-state index >= 15 is 0 Å². The monoisotopic (exact) mass is 510 g/mol. The van der Waals surface area contributed by atoms with Gasteiger partial charge in [-0.1, -0.05) is 118 Å². The average Bonchev–Trinajstić information content (AvgIpc) is 2.95. The lowest BCUT2D eigenvalue weighted by molar-refractivity contribution is -0.141. The Bertz CT molecular complexity index is 1140. The van der Waals surface area contributed by atoms with Crippen molar-refractivity contribution in [2.75, 3.05) is 0 Å². The Morgan fingerprint density at radius 1 is 0.789 bits per heavy atom. The van der Waals surface area contributed by atoms with Crippen LogP contribution in [0, 0.1) is 0 Å². The van der Waals surface area contributed by atoms with Crippen LogP contribution >= 0.6 is 0 Å². The van der Waals surface area contributed by atoms with Crippen molar-refractivity contribution in [3.8, 4) is 0 Å². The lowest BCUT2D eigenvalue weighted by Crippen LogP contribution is -2.52. The van der Waals surface area contributed by atoms with Crippen molar-refractivity contribution in [3.05, 3.63) is 107 Å². The molecule has 1 N–H and O–H groups in total. The van der Waals surface area contributed by atoms with Crippen LogP contribution in [-0.4, -0.2) is 28.8 Å². The molecule has 1 saturated carbocycles. The summed E-state index contributed by atoms with van der Waals surface area (Å²) in [5, 5.41) is 3.32. The molecule has 3 aromatic carbocycles. The molecule has 4 nitrogen and oxygen atoms in total. The largest absolute Gasteiger partial charge is 0.352 e. The molecule has 4 rings (SSSR count). The van der Waals surface area contributed by atoms with E-state index in [2.05, 4.69) is 43.4 Å². The maximum atomic E-state index is 13.9. The molecule has 0 heterocycles. The molecule has 0 aromatic heterocycles. The van der Waals surface area contributed by atoms with Crippen LogP contribution < -0.4 is 5.32 Å². The van der Waals surface area contributed by atoms with Crippen LogP contribution in [0.5, 0.6) is 0 Å². The van der Waals surface area contributed by atoms with Gasteiger partial charge in [0.05, 0.1) is 0 Å². The van der Waals surface area contributed by atoms with E-state index in [1.165, 1.54) is 12.0 Å². The number of amides is 2. The van der Waals surface area contributed by atoms with E-state index in [4.69, 9.17) is 0 Å². The first-order chi connectivity index (χ1) is 18.5. The summed E-state index contributed by atoms with van der Waals surface area (Å²) in [6.45, 7) is 4.79. The third-order valence-electron chi connectivity index (χ3n) is 7.69. The van der Waals surface area contributed by atoms with Gasteiger partial charge < -0.3 is 10.2 Å². The van der Waals surface area contributed by atoms with Gasteiger partial charge in [0.1, 0.15) is 6.04 Å². The van der Waals surface area contributed by atoms with Crippen LogP contribution in [0.2, 0.25) is 0 Å². The molecule has 0 spiro atoms. The number of carbonyl (C=O) groups excluding carboxylic acids is 2. The Kier molecular flexibility index (Phi) is 10.1. The van der Waals surface area contributed by atoms with E-state index in [0.717, 1.165) is 42.4 Å². The van der Waals surface area contributed by atoms with Crippen molar-refractivity contribution in [2.45, 2.75) is 89.8 Å². The molecular weight excluding hydrogens is 468 g/mol. The fourth-order valence-corrected chi connectivity index (χ4v) is 5.34. The van der Waals surface area contributed by atoms with Crippen LogP contribution in [0.1, 0.15) is 80.5 Å². The zero-order valence-corrected chi connectivity index (χ0v) is 22.9. The summed E-state index contributed by atoms with van der Waals surface area (Å²) in [5.41, 5.74) is 4.54. The second-order valence-electron chi connectivity index (χ2n) is 11.0. The minimum atomic E-state index is -0.560. The van der Waals surface area contributed by atoms with Gasteiger partial charge in [-0.15, -0.1) is 0 Å². The highest BCUT2D eigenvalue weighted by atomic mass is 16.2. The first kappa shape index (κ1) is 27.6. The summed E-state index contributed by atoms with van der Waals surface area (Å²) >= 11 is 0. The molecule has 3 aromatic rings. The van der Waals surface area contributed by atoms with Gasteiger partial charge in [-0.3, -0.25) is 9.59 Å². The van der Waals surface area contributed by atoms with Gasteiger partial charge in [0.2, 0.25) is 11.8 Å². The van der Waals surface area contributed by atoms with Gasteiger partial charge in [-0.25, -0.2) is 0 Å². The molecule has 1 aliphatic rings.